The van der Waals surface area contributed by atoms with Crippen LogP contribution < -0.4 is 5.69 Å². The van der Waals surface area contributed by atoms with E-state index in [1.807, 2.05) is 29.2 Å². The predicted molar refractivity (Wildman–Crippen MR) is 94.1 cm³/mol. The number of aryl methyl sites for hydroxylation is 3. The Bertz CT molecular complexity index is 981. The molecular formula is C18H21N5O2. The quantitative estimate of drug-likeness (QED) is 0.784. The number of imidazole rings is 1. The molecule has 7 heteroatoms. The molecule has 0 fully saturated rings. The molecule has 1 N–H and O–H groups in total. The van der Waals surface area contributed by atoms with Crippen molar-refractivity contribution >= 4 is 16.9 Å². The summed E-state index contributed by atoms with van der Waals surface area (Å²) in [5.41, 5.74) is 3.89. The van der Waals surface area contributed by atoms with Gasteiger partial charge in [0.1, 0.15) is 0 Å². The number of amides is 1. The number of H-pyrrole nitrogens is 1. The molecule has 3 aromatic rings. The van der Waals surface area contributed by atoms with Crippen LogP contribution in [-0.4, -0.2) is 36.7 Å². The third kappa shape index (κ3) is 2.75. The van der Waals surface area contributed by atoms with E-state index >= 15 is 0 Å². The van der Waals surface area contributed by atoms with Crippen molar-refractivity contribution in [3.8, 4) is 0 Å². The van der Waals surface area contributed by atoms with Crippen LogP contribution in [0.5, 0.6) is 0 Å². The number of hydrogen-bond acceptors (Lipinski definition) is 3. The zero-order chi connectivity index (χ0) is 17.4. The van der Waals surface area contributed by atoms with Crippen LogP contribution in [0.25, 0.3) is 11.0 Å². The molecule has 1 aliphatic rings. The van der Waals surface area contributed by atoms with Crippen LogP contribution in [0, 0.1) is 0 Å². The van der Waals surface area contributed by atoms with Crippen LogP contribution in [0.15, 0.2) is 35.3 Å². The molecule has 0 bridgehead atoms. The number of nitrogens with zero attached hydrogens (tertiary/aromatic N) is 4. The summed E-state index contributed by atoms with van der Waals surface area (Å²) in [4.78, 5) is 27.0. The Morgan fingerprint density at radius 1 is 1.28 bits per heavy atom. The van der Waals surface area contributed by atoms with Crippen molar-refractivity contribution in [2.45, 2.75) is 32.4 Å². The van der Waals surface area contributed by atoms with Crippen molar-refractivity contribution in [2.75, 3.05) is 6.54 Å². The number of para-hydroxylation sites is 2. The summed E-state index contributed by atoms with van der Waals surface area (Å²) >= 11 is 0. The van der Waals surface area contributed by atoms with Gasteiger partial charge in [-0.1, -0.05) is 12.1 Å². The molecule has 1 aromatic carbocycles. The van der Waals surface area contributed by atoms with Crippen LogP contribution >= 0.6 is 0 Å². The van der Waals surface area contributed by atoms with Crippen LogP contribution in [0.4, 0.5) is 0 Å². The highest BCUT2D eigenvalue weighted by Crippen LogP contribution is 2.17. The molecule has 1 amide bonds. The molecule has 130 valence electrons. The summed E-state index contributed by atoms with van der Waals surface area (Å²) in [6, 6.07) is 7.67. The lowest BCUT2D eigenvalue weighted by molar-refractivity contribution is -0.132. The minimum absolute atomic E-state index is 0.0777. The van der Waals surface area contributed by atoms with E-state index in [1.54, 1.807) is 22.4 Å². The summed E-state index contributed by atoms with van der Waals surface area (Å²) < 4.78 is 3.32. The molecule has 2 aromatic heterocycles. The Morgan fingerprint density at radius 2 is 2.08 bits per heavy atom. The highest BCUT2D eigenvalue weighted by Gasteiger charge is 2.20. The van der Waals surface area contributed by atoms with E-state index in [1.165, 1.54) is 0 Å². The Balaban J connectivity index is 1.51. The second-order valence-electron chi connectivity index (χ2n) is 6.52. The second-order valence-corrected chi connectivity index (χ2v) is 6.52. The molecular weight excluding hydrogens is 318 g/mol. The second kappa shape index (κ2) is 6.23. The first-order valence-electron chi connectivity index (χ1n) is 8.58. The van der Waals surface area contributed by atoms with E-state index in [0.717, 1.165) is 41.7 Å². The maximum absolute atomic E-state index is 12.7. The van der Waals surface area contributed by atoms with E-state index in [2.05, 4.69) is 10.2 Å². The fourth-order valence-electron chi connectivity index (χ4n) is 3.58. The van der Waals surface area contributed by atoms with Crippen LogP contribution in [-0.2, 0) is 31.4 Å². The summed E-state index contributed by atoms with van der Waals surface area (Å²) in [6.45, 7) is 1.73. The van der Waals surface area contributed by atoms with E-state index in [4.69, 9.17) is 0 Å². The first kappa shape index (κ1) is 15.7. The fourth-order valence-corrected chi connectivity index (χ4v) is 3.58. The highest BCUT2D eigenvalue weighted by atomic mass is 16.2. The maximum atomic E-state index is 12.7. The largest absolute Gasteiger partial charge is 0.338 e. The molecule has 1 aliphatic heterocycles. The van der Waals surface area contributed by atoms with Gasteiger partial charge in [0.15, 0.2) is 0 Å². The molecule has 7 nitrogen and oxygen atoms in total. The lowest BCUT2D eigenvalue weighted by Crippen LogP contribution is -2.32. The number of rotatable bonds is 3. The number of nitrogens with one attached hydrogen (secondary N) is 1. The maximum Gasteiger partial charge on any atom is 0.328 e. The Kier molecular flexibility index (Phi) is 3.91. The Hall–Kier alpha value is -2.83. The number of hydrogen-bond donors (Lipinski definition) is 1. The first-order valence-corrected chi connectivity index (χ1v) is 8.58. The third-order valence-corrected chi connectivity index (χ3v) is 4.98. The Morgan fingerprint density at radius 3 is 2.92 bits per heavy atom. The van der Waals surface area contributed by atoms with Crippen LogP contribution in [0.1, 0.15) is 24.1 Å². The highest BCUT2D eigenvalue weighted by molar-refractivity contribution is 5.78. The molecule has 0 aliphatic carbocycles. The lowest BCUT2D eigenvalue weighted by atomic mass is 10.2. The molecule has 0 saturated heterocycles. The van der Waals surface area contributed by atoms with Gasteiger partial charge in [0.2, 0.25) is 5.91 Å². The molecule has 0 saturated carbocycles. The van der Waals surface area contributed by atoms with Gasteiger partial charge in [-0.2, -0.15) is 5.10 Å². The van der Waals surface area contributed by atoms with Crippen LogP contribution in [0.3, 0.4) is 0 Å². The van der Waals surface area contributed by atoms with Gasteiger partial charge < -0.3 is 4.90 Å². The normalized spacial score (nSPS) is 14.5. The number of carbonyl (C=O) groups excluding carboxylic acids is 1. The molecule has 0 radical (unpaired) electrons. The number of aromatic nitrogens is 4. The van der Waals surface area contributed by atoms with Crippen molar-refractivity contribution in [3.05, 3.63) is 52.2 Å². The summed E-state index contributed by atoms with van der Waals surface area (Å²) in [5.74, 6) is 0.0777. The van der Waals surface area contributed by atoms with Gasteiger partial charge in [-0.05, 0) is 25.0 Å². The summed E-state index contributed by atoms with van der Waals surface area (Å²) in [5, 5.41) is 7.08. The lowest BCUT2D eigenvalue weighted by Gasteiger charge is -2.20. The van der Waals surface area contributed by atoms with Crippen molar-refractivity contribution in [3.63, 3.8) is 0 Å². The number of carbonyl (C=O) groups is 1. The van der Waals surface area contributed by atoms with E-state index in [9.17, 15) is 9.59 Å². The molecule has 0 atom stereocenters. The van der Waals surface area contributed by atoms with Gasteiger partial charge in [-0.3, -0.25) is 19.0 Å². The molecule has 0 unspecified atom stereocenters. The fraction of sp³-hybridized carbons (Fsp3) is 0.389. The van der Waals surface area contributed by atoms with Gasteiger partial charge >= 0.3 is 5.69 Å². The standard InChI is InChI=1S/C18H21N5O2/c1-21-15-6-2-3-7-16(15)23(18(21)25)10-8-17(24)22-9-4-5-14-13(12-22)11-19-20-14/h2-3,6-7,11H,4-5,8-10,12H2,1H3,(H,19,20). The SMILES string of the molecule is Cn1c(=O)n(CCC(=O)N2CCCc3[nH]ncc3C2)c2ccccc21. The minimum atomic E-state index is -0.0815. The van der Waals surface area contributed by atoms with Gasteiger partial charge in [-0.15, -0.1) is 0 Å². The molecule has 3 heterocycles. The molecule has 4 rings (SSSR count). The van der Waals surface area contributed by atoms with Gasteiger partial charge in [0, 0.05) is 44.4 Å². The van der Waals surface area contributed by atoms with Gasteiger partial charge in [-0.25, -0.2) is 4.79 Å². The van der Waals surface area contributed by atoms with E-state index in [0.29, 0.717) is 19.5 Å². The molecule has 0 spiro atoms. The topological polar surface area (TPSA) is 75.9 Å². The average Bonchev–Trinajstić information content (AvgIpc) is 3.09. The van der Waals surface area contributed by atoms with Crippen molar-refractivity contribution < 1.29 is 4.79 Å². The zero-order valence-corrected chi connectivity index (χ0v) is 14.2. The predicted octanol–water partition coefficient (Wildman–Crippen LogP) is 1.43. The smallest absolute Gasteiger partial charge is 0.328 e. The molecule has 25 heavy (non-hydrogen) atoms. The monoisotopic (exact) mass is 339 g/mol. The number of benzene rings is 1. The number of aromatic amines is 1. The Labute approximate surface area is 144 Å². The third-order valence-electron chi connectivity index (χ3n) is 4.98. The average molecular weight is 339 g/mol. The van der Waals surface area contributed by atoms with E-state index in [-0.39, 0.29) is 11.6 Å². The summed E-state index contributed by atoms with van der Waals surface area (Å²) in [6.07, 6.45) is 3.97. The number of fused-ring (bicyclic) bond motifs is 2. The van der Waals surface area contributed by atoms with Crippen molar-refractivity contribution in [1.82, 2.24) is 24.2 Å². The minimum Gasteiger partial charge on any atom is -0.338 e. The first-order chi connectivity index (χ1) is 12.1. The van der Waals surface area contributed by atoms with E-state index < -0.39 is 0 Å². The van der Waals surface area contributed by atoms with Gasteiger partial charge in [0.05, 0.1) is 17.2 Å². The van der Waals surface area contributed by atoms with Crippen molar-refractivity contribution in [2.24, 2.45) is 7.05 Å². The van der Waals surface area contributed by atoms with Crippen LogP contribution in [0.2, 0.25) is 0 Å². The van der Waals surface area contributed by atoms with Crippen molar-refractivity contribution in [1.29, 1.82) is 0 Å². The van der Waals surface area contributed by atoms with Gasteiger partial charge in [0.25, 0.3) is 0 Å². The summed E-state index contributed by atoms with van der Waals surface area (Å²) in [7, 11) is 1.76. The zero-order valence-electron chi connectivity index (χ0n) is 14.2.